The largest absolute Gasteiger partial charge is 0.342 e. The van der Waals surface area contributed by atoms with E-state index in [-0.39, 0.29) is 34.7 Å². The summed E-state index contributed by atoms with van der Waals surface area (Å²) in [6, 6.07) is 5.92. The second-order valence-electron chi connectivity index (χ2n) is 7.03. The molecule has 1 fully saturated rings. The van der Waals surface area contributed by atoms with Gasteiger partial charge in [-0.25, -0.2) is 4.39 Å². The van der Waals surface area contributed by atoms with E-state index in [0.29, 0.717) is 5.69 Å². The van der Waals surface area contributed by atoms with Gasteiger partial charge in [-0.2, -0.15) is 0 Å². The van der Waals surface area contributed by atoms with Gasteiger partial charge in [0.25, 0.3) is 0 Å². The number of nitrogens with zero attached hydrogens (tertiary/aromatic N) is 2. The fourth-order valence-electron chi connectivity index (χ4n) is 3.32. The summed E-state index contributed by atoms with van der Waals surface area (Å²) < 4.78 is 12.9. The predicted octanol–water partition coefficient (Wildman–Crippen LogP) is 3.22. The van der Waals surface area contributed by atoms with E-state index in [1.807, 2.05) is 18.9 Å². The SMILES string of the molecule is CCCN1CCC(N(C)C(=O)C(C)SCC(=O)Nc2ccc(F)cc2)CC1. The number of halogens is 1. The van der Waals surface area contributed by atoms with Gasteiger partial charge in [0.2, 0.25) is 11.8 Å². The monoisotopic (exact) mass is 395 g/mol. The lowest BCUT2D eigenvalue weighted by molar-refractivity contribution is -0.131. The van der Waals surface area contributed by atoms with Gasteiger partial charge in [-0.3, -0.25) is 9.59 Å². The standard InChI is InChI=1S/C20H30FN3O2S/c1-4-11-24-12-9-18(10-13-24)23(3)20(26)15(2)27-14-19(25)22-17-7-5-16(21)6-8-17/h5-8,15,18H,4,9-14H2,1-3H3,(H,22,25). The number of likely N-dealkylation sites (tertiary alicyclic amines) is 1. The Balaban J connectivity index is 1.74. The Kier molecular flexibility index (Phi) is 8.57. The predicted molar refractivity (Wildman–Crippen MR) is 109 cm³/mol. The van der Waals surface area contributed by atoms with Gasteiger partial charge in [-0.1, -0.05) is 6.92 Å². The lowest BCUT2D eigenvalue weighted by Crippen LogP contribution is -2.47. The lowest BCUT2D eigenvalue weighted by Gasteiger charge is -2.37. The molecule has 0 aromatic heterocycles. The number of rotatable bonds is 8. The quantitative estimate of drug-likeness (QED) is 0.734. The van der Waals surface area contributed by atoms with Crippen LogP contribution < -0.4 is 5.32 Å². The van der Waals surface area contributed by atoms with Crippen molar-refractivity contribution in [1.29, 1.82) is 0 Å². The molecule has 5 nitrogen and oxygen atoms in total. The van der Waals surface area contributed by atoms with Crippen LogP contribution in [0.15, 0.2) is 24.3 Å². The molecule has 150 valence electrons. The van der Waals surface area contributed by atoms with Crippen molar-refractivity contribution in [3.05, 3.63) is 30.1 Å². The van der Waals surface area contributed by atoms with E-state index in [1.165, 1.54) is 36.0 Å². The first-order valence-electron chi connectivity index (χ1n) is 9.56. The Labute approximate surface area is 165 Å². The first-order chi connectivity index (χ1) is 12.9. The normalized spacial score (nSPS) is 16.7. The first-order valence-corrected chi connectivity index (χ1v) is 10.6. The van der Waals surface area contributed by atoms with E-state index in [9.17, 15) is 14.0 Å². The minimum Gasteiger partial charge on any atom is -0.342 e. The number of benzene rings is 1. The van der Waals surface area contributed by atoms with Crippen LogP contribution in [0.5, 0.6) is 0 Å². The Morgan fingerprint density at radius 1 is 1.30 bits per heavy atom. The smallest absolute Gasteiger partial charge is 0.235 e. The van der Waals surface area contributed by atoms with Gasteiger partial charge < -0.3 is 15.1 Å². The van der Waals surface area contributed by atoms with Crippen molar-refractivity contribution < 1.29 is 14.0 Å². The van der Waals surface area contributed by atoms with E-state index >= 15 is 0 Å². The van der Waals surface area contributed by atoms with Crippen LogP contribution in [0.4, 0.5) is 10.1 Å². The molecule has 7 heteroatoms. The first kappa shape index (κ1) is 21.7. The van der Waals surface area contributed by atoms with Gasteiger partial charge in [0.1, 0.15) is 5.82 Å². The van der Waals surface area contributed by atoms with Gasteiger partial charge in [0, 0.05) is 31.9 Å². The fourth-order valence-corrected chi connectivity index (χ4v) is 4.10. The van der Waals surface area contributed by atoms with Crippen molar-refractivity contribution in [2.75, 3.05) is 37.8 Å². The number of hydrogen-bond acceptors (Lipinski definition) is 4. The molecule has 1 atom stereocenters. The third-order valence-electron chi connectivity index (χ3n) is 4.93. The van der Waals surface area contributed by atoms with Crippen molar-refractivity contribution in [3.8, 4) is 0 Å². The molecule has 1 unspecified atom stereocenters. The highest BCUT2D eigenvalue weighted by Gasteiger charge is 2.28. The van der Waals surface area contributed by atoms with Crippen LogP contribution in [0.25, 0.3) is 0 Å². The molecule has 2 rings (SSSR count). The van der Waals surface area contributed by atoms with Crippen LogP contribution in [0.1, 0.15) is 33.1 Å². The van der Waals surface area contributed by atoms with E-state index < -0.39 is 0 Å². The van der Waals surface area contributed by atoms with Crippen LogP contribution in [-0.2, 0) is 9.59 Å². The summed E-state index contributed by atoms with van der Waals surface area (Å²) >= 11 is 1.33. The van der Waals surface area contributed by atoms with Crippen molar-refractivity contribution in [2.24, 2.45) is 0 Å². The number of anilines is 1. The van der Waals surface area contributed by atoms with Crippen LogP contribution in [-0.4, -0.2) is 65.3 Å². The molecule has 1 aliphatic heterocycles. The summed E-state index contributed by atoms with van der Waals surface area (Å²) in [6.45, 7) is 7.24. The summed E-state index contributed by atoms with van der Waals surface area (Å²) in [5.74, 6) is -0.275. The van der Waals surface area contributed by atoms with Crippen molar-refractivity contribution in [2.45, 2.75) is 44.4 Å². The third kappa shape index (κ3) is 6.81. The number of piperidine rings is 1. The fraction of sp³-hybridized carbons (Fsp3) is 0.600. The lowest BCUT2D eigenvalue weighted by atomic mass is 10.0. The topological polar surface area (TPSA) is 52.7 Å². The molecule has 0 radical (unpaired) electrons. The molecule has 1 N–H and O–H groups in total. The number of hydrogen-bond donors (Lipinski definition) is 1. The van der Waals surface area contributed by atoms with Crippen LogP contribution >= 0.6 is 11.8 Å². The molecule has 0 spiro atoms. The Bertz CT molecular complexity index is 618. The molecule has 2 amide bonds. The van der Waals surface area contributed by atoms with Crippen LogP contribution in [0, 0.1) is 5.82 Å². The molecular weight excluding hydrogens is 365 g/mol. The summed E-state index contributed by atoms with van der Waals surface area (Å²) in [4.78, 5) is 29.0. The highest BCUT2D eigenvalue weighted by atomic mass is 32.2. The summed E-state index contributed by atoms with van der Waals surface area (Å²) in [5, 5.41) is 2.44. The summed E-state index contributed by atoms with van der Waals surface area (Å²) in [5.41, 5.74) is 0.553. The molecule has 0 bridgehead atoms. The number of carbonyl (C=O) groups is 2. The molecule has 1 aliphatic rings. The van der Waals surface area contributed by atoms with Gasteiger partial charge in [0.05, 0.1) is 11.0 Å². The average molecular weight is 396 g/mol. The Morgan fingerprint density at radius 3 is 2.52 bits per heavy atom. The Hall–Kier alpha value is -1.60. The highest BCUT2D eigenvalue weighted by molar-refractivity contribution is 8.01. The third-order valence-corrected chi connectivity index (χ3v) is 6.06. The second-order valence-corrected chi connectivity index (χ2v) is 8.36. The van der Waals surface area contributed by atoms with Crippen molar-refractivity contribution >= 4 is 29.3 Å². The average Bonchev–Trinajstić information content (AvgIpc) is 2.67. The van der Waals surface area contributed by atoms with Crippen LogP contribution in [0.3, 0.4) is 0 Å². The van der Waals surface area contributed by atoms with E-state index in [1.54, 1.807) is 0 Å². The van der Waals surface area contributed by atoms with Gasteiger partial charge in [0.15, 0.2) is 0 Å². The zero-order chi connectivity index (χ0) is 19.8. The summed E-state index contributed by atoms with van der Waals surface area (Å²) in [6.07, 6.45) is 3.17. The zero-order valence-corrected chi connectivity index (χ0v) is 17.2. The highest BCUT2D eigenvalue weighted by Crippen LogP contribution is 2.20. The van der Waals surface area contributed by atoms with Gasteiger partial charge >= 0.3 is 0 Å². The minimum atomic E-state index is -0.342. The van der Waals surface area contributed by atoms with Crippen molar-refractivity contribution in [3.63, 3.8) is 0 Å². The number of carbonyl (C=O) groups excluding carboxylic acids is 2. The Morgan fingerprint density at radius 2 is 1.93 bits per heavy atom. The van der Waals surface area contributed by atoms with Gasteiger partial charge in [-0.15, -0.1) is 11.8 Å². The molecule has 27 heavy (non-hydrogen) atoms. The summed E-state index contributed by atoms with van der Waals surface area (Å²) in [7, 11) is 1.87. The molecule has 1 aromatic carbocycles. The molecule has 0 aliphatic carbocycles. The van der Waals surface area contributed by atoms with Crippen molar-refractivity contribution in [1.82, 2.24) is 9.80 Å². The number of thioether (sulfide) groups is 1. The van der Waals surface area contributed by atoms with E-state index in [0.717, 1.165) is 38.9 Å². The molecule has 1 heterocycles. The molecule has 1 aromatic rings. The molecule has 0 saturated carbocycles. The van der Waals surface area contributed by atoms with E-state index in [2.05, 4.69) is 17.1 Å². The maximum absolute atomic E-state index is 12.9. The molecular formula is C20H30FN3O2S. The van der Waals surface area contributed by atoms with Gasteiger partial charge in [-0.05, 0) is 57.0 Å². The number of amides is 2. The number of nitrogens with one attached hydrogen (secondary N) is 1. The maximum atomic E-state index is 12.9. The second kappa shape index (κ2) is 10.7. The maximum Gasteiger partial charge on any atom is 0.235 e. The van der Waals surface area contributed by atoms with E-state index in [4.69, 9.17) is 0 Å². The minimum absolute atomic E-state index is 0.0727. The molecule has 1 saturated heterocycles. The van der Waals surface area contributed by atoms with Crippen LogP contribution in [0.2, 0.25) is 0 Å². The zero-order valence-electron chi connectivity index (χ0n) is 16.4.